The van der Waals surface area contributed by atoms with Crippen LogP contribution in [-0.4, -0.2) is 0 Å². The molecular formula is C9H4BrF2IS. The molecule has 0 aliphatic carbocycles. The lowest BCUT2D eigenvalue weighted by atomic mass is 10.2. The zero-order valence-corrected chi connectivity index (χ0v) is 11.3. The number of benzene rings is 1. The van der Waals surface area contributed by atoms with Crippen molar-refractivity contribution in [3.8, 4) is 0 Å². The number of thiophene rings is 1. The molecular weight excluding hydrogens is 385 g/mol. The molecule has 0 saturated carbocycles. The summed E-state index contributed by atoms with van der Waals surface area (Å²) in [6.07, 6.45) is -2.39. The van der Waals surface area contributed by atoms with Crippen molar-refractivity contribution >= 4 is 59.9 Å². The van der Waals surface area contributed by atoms with Crippen LogP contribution in [0.25, 0.3) is 10.1 Å². The molecule has 0 N–H and O–H groups in total. The van der Waals surface area contributed by atoms with Crippen molar-refractivity contribution in [3.05, 3.63) is 31.1 Å². The van der Waals surface area contributed by atoms with E-state index in [-0.39, 0.29) is 5.56 Å². The fourth-order valence-corrected chi connectivity index (χ4v) is 3.78. The van der Waals surface area contributed by atoms with E-state index < -0.39 is 6.43 Å². The molecule has 0 amide bonds. The highest BCUT2D eigenvalue weighted by Crippen LogP contribution is 2.37. The van der Waals surface area contributed by atoms with Gasteiger partial charge in [0, 0.05) is 19.2 Å². The van der Waals surface area contributed by atoms with Crippen LogP contribution in [-0.2, 0) is 0 Å². The summed E-state index contributed by atoms with van der Waals surface area (Å²) in [7, 11) is 0. The highest BCUT2D eigenvalue weighted by atomic mass is 127. The molecule has 2 rings (SSSR count). The second-order valence-electron chi connectivity index (χ2n) is 2.75. The van der Waals surface area contributed by atoms with Gasteiger partial charge in [-0.25, -0.2) is 8.78 Å². The maximum absolute atomic E-state index is 12.4. The first-order valence-corrected chi connectivity index (χ1v) is 6.44. The minimum absolute atomic E-state index is 0.0858. The van der Waals surface area contributed by atoms with Crippen molar-refractivity contribution < 1.29 is 8.78 Å². The first-order valence-electron chi connectivity index (χ1n) is 3.75. The van der Waals surface area contributed by atoms with Crippen LogP contribution >= 0.6 is 49.9 Å². The Morgan fingerprint density at radius 1 is 1.36 bits per heavy atom. The minimum atomic E-state index is -2.39. The van der Waals surface area contributed by atoms with E-state index in [1.807, 2.05) is 0 Å². The molecule has 2 aromatic rings. The van der Waals surface area contributed by atoms with E-state index in [9.17, 15) is 8.78 Å². The van der Waals surface area contributed by atoms with E-state index in [0.717, 1.165) is 17.4 Å². The molecule has 1 aromatic heterocycles. The van der Waals surface area contributed by atoms with Crippen molar-refractivity contribution in [2.24, 2.45) is 0 Å². The molecule has 1 heterocycles. The van der Waals surface area contributed by atoms with Crippen molar-refractivity contribution in [1.82, 2.24) is 0 Å². The maximum atomic E-state index is 12.4. The van der Waals surface area contributed by atoms with Gasteiger partial charge in [0.05, 0.1) is 3.79 Å². The van der Waals surface area contributed by atoms with Gasteiger partial charge in [-0.1, -0.05) is 12.1 Å². The third-order valence-electron chi connectivity index (χ3n) is 1.87. The lowest BCUT2D eigenvalue weighted by Crippen LogP contribution is -1.81. The zero-order chi connectivity index (χ0) is 10.3. The van der Waals surface area contributed by atoms with Crippen molar-refractivity contribution in [2.45, 2.75) is 6.43 Å². The molecule has 14 heavy (non-hydrogen) atoms. The van der Waals surface area contributed by atoms with E-state index in [0.29, 0.717) is 0 Å². The summed E-state index contributed by atoms with van der Waals surface area (Å²) in [5, 5.41) is 1.03. The van der Waals surface area contributed by atoms with Crippen LogP contribution in [0.2, 0.25) is 0 Å². The van der Waals surface area contributed by atoms with Crippen LogP contribution in [0.5, 0.6) is 0 Å². The van der Waals surface area contributed by atoms with Gasteiger partial charge in [0.15, 0.2) is 0 Å². The van der Waals surface area contributed by atoms with Crippen molar-refractivity contribution in [1.29, 1.82) is 0 Å². The van der Waals surface area contributed by atoms with E-state index in [2.05, 4.69) is 38.5 Å². The number of hydrogen-bond donors (Lipinski definition) is 0. The lowest BCUT2D eigenvalue weighted by Gasteiger charge is -1.98. The molecule has 0 saturated heterocycles. The number of halogens is 4. The molecule has 0 atom stereocenters. The van der Waals surface area contributed by atoms with Gasteiger partial charge in [-0.3, -0.25) is 0 Å². The number of hydrogen-bond acceptors (Lipinski definition) is 1. The molecule has 0 fully saturated rings. The predicted molar refractivity (Wildman–Crippen MR) is 67.2 cm³/mol. The van der Waals surface area contributed by atoms with Crippen LogP contribution in [0, 0.1) is 3.57 Å². The minimum Gasteiger partial charge on any atom is -0.205 e. The summed E-state index contributed by atoms with van der Waals surface area (Å²) in [4.78, 5) is 0. The largest absolute Gasteiger partial charge is 0.263 e. The molecule has 5 heteroatoms. The Bertz CT molecular complexity index is 481. The smallest absolute Gasteiger partial charge is 0.205 e. The number of fused-ring (bicyclic) bond motifs is 1. The van der Waals surface area contributed by atoms with Crippen LogP contribution in [0.3, 0.4) is 0 Å². The third kappa shape index (κ3) is 1.81. The Hall–Kier alpha value is 0.250. The van der Waals surface area contributed by atoms with E-state index >= 15 is 0 Å². The van der Waals surface area contributed by atoms with Gasteiger partial charge >= 0.3 is 0 Å². The summed E-state index contributed by atoms with van der Waals surface area (Å²) in [5.41, 5.74) is 0.0858. The van der Waals surface area contributed by atoms with E-state index in [1.165, 1.54) is 17.4 Å². The highest BCUT2D eigenvalue weighted by Gasteiger charge is 2.11. The van der Waals surface area contributed by atoms with Gasteiger partial charge in [0.25, 0.3) is 6.43 Å². The number of alkyl halides is 2. The molecule has 0 aliphatic heterocycles. The van der Waals surface area contributed by atoms with Crippen molar-refractivity contribution in [3.63, 3.8) is 0 Å². The van der Waals surface area contributed by atoms with E-state index in [1.54, 1.807) is 12.1 Å². The average molecular weight is 389 g/mol. The maximum Gasteiger partial charge on any atom is 0.263 e. The molecule has 0 aliphatic rings. The summed E-state index contributed by atoms with van der Waals surface area (Å²) >= 11 is 7.08. The summed E-state index contributed by atoms with van der Waals surface area (Å²) < 4.78 is 27.8. The quantitative estimate of drug-likeness (QED) is 0.588. The lowest BCUT2D eigenvalue weighted by molar-refractivity contribution is 0.151. The van der Waals surface area contributed by atoms with Crippen molar-refractivity contribution in [2.75, 3.05) is 0 Å². The number of rotatable bonds is 1. The second kappa shape index (κ2) is 4.02. The first kappa shape index (κ1) is 10.8. The Morgan fingerprint density at radius 3 is 2.71 bits per heavy atom. The molecule has 0 nitrogen and oxygen atoms in total. The monoisotopic (exact) mass is 388 g/mol. The van der Waals surface area contributed by atoms with Gasteiger partial charge in [-0.15, -0.1) is 11.3 Å². The topological polar surface area (TPSA) is 0 Å². The Labute approximate surface area is 106 Å². The molecule has 0 spiro atoms. The molecule has 74 valence electrons. The van der Waals surface area contributed by atoms with Gasteiger partial charge < -0.3 is 0 Å². The normalized spacial score (nSPS) is 11.5. The Balaban J connectivity index is 2.67. The molecule has 0 unspecified atom stereocenters. The first-order chi connectivity index (χ1) is 6.59. The summed E-state index contributed by atoms with van der Waals surface area (Å²) in [6, 6.07) is 4.78. The fraction of sp³-hybridized carbons (Fsp3) is 0.111. The average Bonchev–Trinajstić information content (AvgIpc) is 2.42. The van der Waals surface area contributed by atoms with Gasteiger partial charge in [0.2, 0.25) is 0 Å². The van der Waals surface area contributed by atoms with Crippen LogP contribution in [0.15, 0.2) is 22.0 Å². The van der Waals surface area contributed by atoms with Gasteiger partial charge in [-0.2, -0.15) is 0 Å². The SMILES string of the molecule is FC(F)c1ccc2c(I)c(Br)sc2c1. The zero-order valence-electron chi connectivity index (χ0n) is 6.73. The Morgan fingerprint density at radius 2 is 2.07 bits per heavy atom. The molecule has 0 radical (unpaired) electrons. The Kier molecular flexibility index (Phi) is 3.09. The van der Waals surface area contributed by atoms with Crippen LogP contribution < -0.4 is 0 Å². The fourth-order valence-electron chi connectivity index (χ4n) is 1.19. The van der Waals surface area contributed by atoms with Gasteiger partial charge in [-0.05, 0) is 44.6 Å². The second-order valence-corrected chi connectivity index (χ2v) is 6.19. The summed E-state index contributed by atoms with van der Waals surface area (Å²) in [6.45, 7) is 0. The predicted octanol–water partition coefficient (Wildman–Crippen LogP) is 5.21. The van der Waals surface area contributed by atoms with Crippen LogP contribution in [0.1, 0.15) is 12.0 Å². The molecule has 1 aromatic carbocycles. The molecule has 0 bridgehead atoms. The summed E-state index contributed by atoms with van der Waals surface area (Å²) in [5.74, 6) is 0. The highest BCUT2D eigenvalue weighted by molar-refractivity contribution is 14.1. The van der Waals surface area contributed by atoms with Crippen LogP contribution in [0.4, 0.5) is 8.78 Å². The third-order valence-corrected chi connectivity index (χ3v) is 5.92. The van der Waals surface area contributed by atoms with E-state index in [4.69, 9.17) is 0 Å². The van der Waals surface area contributed by atoms with Gasteiger partial charge in [0.1, 0.15) is 0 Å². The standard InChI is InChI=1S/C9H4BrF2IS/c10-8-7(13)5-2-1-4(9(11)12)3-6(5)14-8/h1-3,9H.